The molecule has 1 N–H and O–H groups in total. The summed E-state index contributed by atoms with van der Waals surface area (Å²) in [6, 6.07) is 4.90. The van der Waals surface area contributed by atoms with Crippen molar-refractivity contribution in [3.8, 4) is 0 Å². The monoisotopic (exact) mass is 385 g/mol. The van der Waals surface area contributed by atoms with Gasteiger partial charge in [-0.1, -0.05) is 23.2 Å². The minimum absolute atomic E-state index is 0.0783. The first-order chi connectivity index (χ1) is 12.0. The fourth-order valence-electron chi connectivity index (χ4n) is 3.11. The minimum Gasteiger partial charge on any atom is -0.378 e. The summed E-state index contributed by atoms with van der Waals surface area (Å²) in [7, 11) is 0. The van der Waals surface area contributed by atoms with E-state index in [1.54, 1.807) is 23.1 Å². The Balaban J connectivity index is 1.52. The van der Waals surface area contributed by atoms with Gasteiger partial charge in [-0.15, -0.1) is 0 Å². The molecule has 0 aromatic heterocycles. The van der Waals surface area contributed by atoms with E-state index in [0.717, 1.165) is 6.54 Å². The van der Waals surface area contributed by atoms with Gasteiger partial charge in [0, 0.05) is 60.8 Å². The van der Waals surface area contributed by atoms with Gasteiger partial charge < -0.3 is 19.9 Å². The average Bonchev–Trinajstić information content (AvgIpc) is 2.61. The van der Waals surface area contributed by atoms with Crippen molar-refractivity contribution in [2.75, 3.05) is 45.9 Å². The summed E-state index contributed by atoms with van der Waals surface area (Å²) in [5.41, 5.74) is 0.473. The summed E-state index contributed by atoms with van der Waals surface area (Å²) in [5.74, 6) is -0.0141. The van der Waals surface area contributed by atoms with Crippen LogP contribution in [-0.2, 0) is 9.53 Å². The van der Waals surface area contributed by atoms with Gasteiger partial charge in [-0.05, 0) is 18.2 Å². The Labute approximate surface area is 157 Å². The largest absolute Gasteiger partial charge is 0.378 e. The van der Waals surface area contributed by atoms with Crippen LogP contribution in [0.5, 0.6) is 0 Å². The molecule has 2 fully saturated rings. The molecular formula is C17H21Cl2N3O3. The van der Waals surface area contributed by atoms with Gasteiger partial charge in [-0.3, -0.25) is 9.59 Å². The zero-order valence-corrected chi connectivity index (χ0v) is 15.4. The van der Waals surface area contributed by atoms with Crippen molar-refractivity contribution < 1.29 is 14.3 Å². The van der Waals surface area contributed by atoms with E-state index in [-0.39, 0.29) is 17.9 Å². The highest BCUT2D eigenvalue weighted by atomic mass is 35.5. The Kier molecular flexibility index (Phi) is 6.17. The highest BCUT2D eigenvalue weighted by Crippen LogP contribution is 2.21. The van der Waals surface area contributed by atoms with Crippen LogP contribution in [0.4, 0.5) is 0 Å². The topological polar surface area (TPSA) is 61.9 Å². The van der Waals surface area contributed by atoms with Crippen LogP contribution in [0.3, 0.4) is 0 Å². The first kappa shape index (κ1) is 18.5. The molecule has 0 aliphatic carbocycles. The maximum atomic E-state index is 12.6. The van der Waals surface area contributed by atoms with E-state index in [1.807, 2.05) is 4.90 Å². The second-order valence-corrected chi connectivity index (χ2v) is 7.13. The van der Waals surface area contributed by atoms with Gasteiger partial charge in [0.2, 0.25) is 5.91 Å². The molecule has 2 saturated heterocycles. The van der Waals surface area contributed by atoms with Crippen LogP contribution in [-0.4, -0.2) is 73.6 Å². The number of piperazine rings is 1. The Hall–Kier alpha value is -1.34. The third kappa shape index (κ3) is 4.85. The van der Waals surface area contributed by atoms with Crippen LogP contribution in [0.25, 0.3) is 0 Å². The molecule has 1 atom stereocenters. The van der Waals surface area contributed by atoms with Gasteiger partial charge in [0.05, 0.1) is 13.2 Å². The predicted molar refractivity (Wildman–Crippen MR) is 96.2 cm³/mol. The van der Waals surface area contributed by atoms with Gasteiger partial charge in [0.25, 0.3) is 5.91 Å². The zero-order chi connectivity index (χ0) is 17.8. The first-order valence-corrected chi connectivity index (χ1v) is 9.13. The summed E-state index contributed by atoms with van der Waals surface area (Å²) >= 11 is 11.9. The molecule has 2 aliphatic rings. The Bertz CT molecular complexity index is 622. The fourth-order valence-corrected chi connectivity index (χ4v) is 3.64. The van der Waals surface area contributed by atoms with Crippen molar-refractivity contribution in [3.05, 3.63) is 33.8 Å². The second-order valence-electron chi connectivity index (χ2n) is 6.26. The predicted octanol–water partition coefficient (Wildman–Crippen LogP) is 1.66. The first-order valence-electron chi connectivity index (χ1n) is 8.37. The molecule has 0 bridgehead atoms. The molecule has 0 radical (unpaired) electrons. The number of amides is 2. The summed E-state index contributed by atoms with van der Waals surface area (Å²) < 4.78 is 5.38. The SMILES string of the molecule is O=C(CC1COCCN1)N1CCN(C(=O)c2cc(Cl)cc(Cl)c2)CC1. The Morgan fingerprint density at radius 3 is 2.32 bits per heavy atom. The minimum atomic E-state index is -0.112. The molecule has 2 aliphatic heterocycles. The van der Waals surface area contributed by atoms with Crippen molar-refractivity contribution in [3.63, 3.8) is 0 Å². The Morgan fingerprint density at radius 1 is 1.08 bits per heavy atom. The molecular weight excluding hydrogens is 365 g/mol. The molecule has 25 heavy (non-hydrogen) atoms. The molecule has 0 saturated carbocycles. The highest BCUT2D eigenvalue weighted by Gasteiger charge is 2.27. The van der Waals surface area contributed by atoms with Crippen LogP contribution in [0, 0.1) is 0 Å². The number of carbonyl (C=O) groups excluding carboxylic acids is 2. The normalized spacial score (nSPS) is 21.3. The lowest BCUT2D eigenvalue weighted by molar-refractivity contribution is -0.133. The number of nitrogens with one attached hydrogen (secondary N) is 1. The number of hydrogen-bond acceptors (Lipinski definition) is 4. The van der Waals surface area contributed by atoms with Crippen LogP contribution >= 0.6 is 23.2 Å². The maximum absolute atomic E-state index is 12.6. The van der Waals surface area contributed by atoms with Crippen LogP contribution in [0.2, 0.25) is 10.0 Å². The molecule has 2 heterocycles. The number of benzene rings is 1. The number of halogens is 2. The van der Waals surface area contributed by atoms with Gasteiger partial charge in [0.1, 0.15) is 0 Å². The highest BCUT2D eigenvalue weighted by molar-refractivity contribution is 6.35. The van der Waals surface area contributed by atoms with Crippen LogP contribution in [0.1, 0.15) is 16.8 Å². The van der Waals surface area contributed by atoms with E-state index in [1.165, 1.54) is 0 Å². The molecule has 8 heteroatoms. The maximum Gasteiger partial charge on any atom is 0.254 e. The van der Waals surface area contributed by atoms with Gasteiger partial charge in [-0.25, -0.2) is 0 Å². The molecule has 1 aromatic carbocycles. The van der Waals surface area contributed by atoms with Crippen molar-refractivity contribution in [1.29, 1.82) is 0 Å². The second kappa shape index (κ2) is 8.36. The molecule has 0 spiro atoms. The third-order valence-electron chi connectivity index (χ3n) is 4.45. The molecule has 1 unspecified atom stereocenters. The quantitative estimate of drug-likeness (QED) is 0.859. The number of rotatable bonds is 3. The lowest BCUT2D eigenvalue weighted by atomic mass is 10.1. The summed E-state index contributed by atoms with van der Waals surface area (Å²) in [5, 5.41) is 4.16. The summed E-state index contributed by atoms with van der Waals surface area (Å²) in [6.07, 6.45) is 0.428. The fraction of sp³-hybridized carbons (Fsp3) is 0.529. The van der Waals surface area contributed by atoms with Crippen molar-refractivity contribution in [2.45, 2.75) is 12.5 Å². The van der Waals surface area contributed by atoms with Gasteiger partial charge in [-0.2, -0.15) is 0 Å². The molecule has 136 valence electrons. The molecule has 1 aromatic rings. The van der Waals surface area contributed by atoms with Gasteiger partial charge in [0.15, 0.2) is 0 Å². The number of nitrogens with zero attached hydrogens (tertiary/aromatic N) is 2. The average molecular weight is 386 g/mol. The van der Waals surface area contributed by atoms with E-state index < -0.39 is 0 Å². The van der Waals surface area contributed by atoms with Crippen LogP contribution < -0.4 is 5.32 Å². The van der Waals surface area contributed by atoms with E-state index in [0.29, 0.717) is 61.4 Å². The smallest absolute Gasteiger partial charge is 0.254 e. The zero-order valence-electron chi connectivity index (χ0n) is 13.8. The lowest BCUT2D eigenvalue weighted by Gasteiger charge is -2.36. The van der Waals surface area contributed by atoms with Crippen molar-refractivity contribution >= 4 is 35.0 Å². The number of carbonyl (C=O) groups is 2. The lowest BCUT2D eigenvalue weighted by Crippen LogP contribution is -2.52. The van der Waals surface area contributed by atoms with E-state index in [9.17, 15) is 9.59 Å². The number of ether oxygens (including phenoxy) is 1. The molecule has 3 rings (SSSR count). The summed E-state index contributed by atoms with van der Waals surface area (Å²) in [4.78, 5) is 28.5. The van der Waals surface area contributed by atoms with E-state index >= 15 is 0 Å². The molecule has 6 nitrogen and oxygen atoms in total. The third-order valence-corrected chi connectivity index (χ3v) is 4.88. The van der Waals surface area contributed by atoms with E-state index in [4.69, 9.17) is 27.9 Å². The van der Waals surface area contributed by atoms with Crippen molar-refractivity contribution in [1.82, 2.24) is 15.1 Å². The van der Waals surface area contributed by atoms with Crippen molar-refractivity contribution in [2.24, 2.45) is 0 Å². The van der Waals surface area contributed by atoms with Gasteiger partial charge >= 0.3 is 0 Å². The standard InChI is InChI=1S/C17H21Cl2N3O3/c18-13-7-12(8-14(19)9-13)17(24)22-4-2-21(3-5-22)16(23)10-15-11-25-6-1-20-15/h7-9,15,20H,1-6,10-11H2. The molecule has 2 amide bonds. The Morgan fingerprint density at radius 2 is 1.72 bits per heavy atom. The number of morpholine rings is 1. The van der Waals surface area contributed by atoms with Crippen LogP contribution in [0.15, 0.2) is 18.2 Å². The van der Waals surface area contributed by atoms with E-state index in [2.05, 4.69) is 5.32 Å². The number of hydrogen-bond donors (Lipinski definition) is 1. The summed E-state index contributed by atoms with van der Waals surface area (Å²) in [6.45, 7) is 4.12.